The summed E-state index contributed by atoms with van der Waals surface area (Å²) in [7, 11) is 1.68. The van der Waals surface area contributed by atoms with E-state index in [0.29, 0.717) is 0 Å². The molecule has 0 amide bonds. The second-order valence-corrected chi connectivity index (χ2v) is 8.27. The van der Waals surface area contributed by atoms with E-state index in [0.717, 1.165) is 22.5 Å². The van der Waals surface area contributed by atoms with Crippen molar-refractivity contribution in [1.29, 1.82) is 0 Å². The van der Waals surface area contributed by atoms with Crippen LogP contribution in [-0.4, -0.2) is 7.11 Å². The molecular weight excluding hydrogens is 406 g/mol. The lowest BCUT2D eigenvalue weighted by atomic mass is 9.76. The highest BCUT2D eigenvalue weighted by atomic mass is 16.5. The first-order valence-electron chi connectivity index (χ1n) is 11.2. The molecule has 1 aromatic heterocycles. The number of nitrogens with one attached hydrogen (secondary N) is 1. The Labute approximate surface area is 194 Å². The molecule has 0 spiro atoms. The molecule has 3 nitrogen and oxygen atoms in total. The molecule has 33 heavy (non-hydrogen) atoms. The monoisotopic (exact) mass is 433 g/mol. The van der Waals surface area contributed by atoms with Gasteiger partial charge in [-0.1, -0.05) is 91.0 Å². The van der Waals surface area contributed by atoms with E-state index in [1.807, 2.05) is 18.2 Å². The van der Waals surface area contributed by atoms with Gasteiger partial charge in [0.1, 0.15) is 17.1 Å². The summed E-state index contributed by atoms with van der Waals surface area (Å²) < 4.78 is 11.7. The number of rotatable bonds is 7. The van der Waals surface area contributed by atoms with Gasteiger partial charge >= 0.3 is 0 Å². The molecule has 3 heteroatoms. The fraction of sp³-hybridized carbons (Fsp3) is 0.133. The zero-order valence-corrected chi connectivity index (χ0v) is 18.9. The highest BCUT2D eigenvalue weighted by molar-refractivity contribution is 5.79. The molecule has 4 aromatic carbocycles. The van der Waals surface area contributed by atoms with Crippen LogP contribution in [0, 0.1) is 0 Å². The third-order valence-electron chi connectivity index (χ3n) is 6.22. The van der Waals surface area contributed by atoms with Crippen molar-refractivity contribution in [2.75, 3.05) is 7.11 Å². The lowest BCUT2D eigenvalue weighted by Gasteiger charge is -2.39. The third kappa shape index (κ3) is 3.92. The van der Waals surface area contributed by atoms with E-state index < -0.39 is 5.54 Å². The number of hydrogen-bond acceptors (Lipinski definition) is 3. The molecule has 164 valence electrons. The van der Waals surface area contributed by atoms with Gasteiger partial charge in [-0.25, -0.2) is 0 Å². The summed E-state index contributed by atoms with van der Waals surface area (Å²) in [6.07, 6.45) is 0. The molecular formula is C30H27NO2. The molecule has 5 aromatic rings. The predicted molar refractivity (Wildman–Crippen MR) is 134 cm³/mol. The number of furan rings is 1. The molecule has 0 aliphatic rings. The smallest absolute Gasteiger partial charge is 0.134 e. The van der Waals surface area contributed by atoms with E-state index in [1.54, 1.807) is 7.11 Å². The number of ether oxygens (including phenoxy) is 1. The van der Waals surface area contributed by atoms with Crippen LogP contribution in [0.3, 0.4) is 0 Å². The van der Waals surface area contributed by atoms with E-state index >= 15 is 0 Å². The summed E-state index contributed by atoms with van der Waals surface area (Å²) in [5, 5.41) is 4.99. The maximum Gasteiger partial charge on any atom is 0.134 e. The van der Waals surface area contributed by atoms with E-state index in [2.05, 4.69) is 109 Å². The minimum atomic E-state index is -0.556. The molecule has 0 saturated heterocycles. The fourth-order valence-electron chi connectivity index (χ4n) is 4.59. The Bertz CT molecular complexity index is 1230. The van der Waals surface area contributed by atoms with Gasteiger partial charge in [-0.3, -0.25) is 5.32 Å². The van der Waals surface area contributed by atoms with Crippen molar-refractivity contribution in [2.45, 2.75) is 18.5 Å². The van der Waals surface area contributed by atoms with Crippen molar-refractivity contribution >= 4 is 11.0 Å². The molecule has 0 bridgehead atoms. The van der Waals surface area contributed by atoms with E-state index in [1.165, 1.54) is 16.7 Å². The van der Waals surface area contributed by atoms with Crippen molar-refractivity contribution in [1.82, 2.24) is 5.32 Å². The van der Waals surface area contributed by atoms with Crippen molar-refractivity contribution < 1.29 is 9.15 Å². The molecule has 1 atom stereocenters. The fourth-order valence-corrected chi connectivity index (χ4v) is 4.59. The third-order valence-corrected chi connectivity index (χ3v) is 6.22. The first-order chi connectivity index (χ1) is 16.2. The Balaban J connectivity index is 1.66. The summed E-state index contributed by atoms with van der Waals surface area (Å²) in [6.45, 7) is 2.15. The number of fused-ring (bicyclic) bond motifs is 1. The van der Waals surface area contributed by atoms with Crippen LogP contribution in [0.5, 0.6) is 5.75 Å². The second kappa shape index (κ2) is 8.97. The van der Waals surface area contributed by atoms with Crippen LogP contribution in [0.1, 0.15) is 35.4 Å². The van der Waals surface area contributed by atoms with E-state index in [-0.39, 0.29) is 6.04 Å². The maximum absolute atomic E-state index is 6.26. The minimum absolute atomic E-state index is 0.0657. The predicted octanol–water partition coefficient (Wildman–Crippen LogP) is 7.08. The number of hydrogen-bond donors (Lipinski definition) is 1. The Morgan fingerprint density at radius 3 is 1.70 bits per heavy atom. The van der Waals surface area contributed by atoms with Gasteiger partial charge in [0, 0.05) is 5.39 Å². The summed E-state index contributed by atoms with van der Waals surface area (Å²) in [6, 6.07) is 39.8. The van der Waals surface area contributed by atoms with Crippen LogP contribution < -0.4 is 10.1 Å². The van der Waals surface area contributed by atoms with Gasteiger partial charge in [0.05, 0.1) is 18.7 Å². The summed E-state index contributed by atoms with van der Waals surface area (Å²) in [4.78, 5) is 0. The Morgan fingerprint density at radius 2 is 1.21 bits per heavy atom. The van der Waals surface area contributed by atoms with Crippen LogP contribution in [0.2, 0.25) is 0 Å². The van der Waals surface area contributed by atoms with Crippen LogP contribution in [-0.2, 0) is 5.54 Å². The molecule has 5 rings (SSSR count). The van der Waals surface area contributed by atoms with Crippen molar-refractivity contribution in [3.05, 3.63) is 138 Å². The van der Waals surface area contributed by atoms with Gasteiger partial charge in [-0.15, -0.1) is 0 Å². The number of methoxy groups -OCH3 is 1. The van der Waals surface area contributed by atoms with E-state index in [4.69, 9.17) is 9.15 Å². The van der Waals surface area contributed by atoms with Gasteiger partial charge in [-0.05, 0) is 47.9 Å². The van der Waals surface area contributed by atoms with Crippen LogP contribution in [0.4, 0.5) is 0 Å². The average molecular weight is 434 g/mol. The van der Waals surface area contributed by atoms with Crippen molar-refractivity contribution in [3.8, 4) is 5.75 Å². The zero-order valence-electron chi connectivity index (χ0n) is 18.9. The summed E-state index contributed by atoms with van der Waals surface area (Å²) >= 11 is 0. The molecule has 0 aliphatic heterocycles. The topological polar surface area (TPSA) is 34.4 Å². The van der Waals surface area contributed by atoms with Gasteiger partial charge in [0.15, 0.2) is 0 Å². The first kappa shape index (κ1) is 21.0. The van der Waals surface area contributed by atoms with Crippen LogP contribution in [0.25, 0.3) is 11.0 Å². The summed E-state index contributed by atoms with van der Waals surface area (Å²) in [5.41, 5.74) is 3.81. The average Bonchev–Trinajstić information content (AvgIpc) is 3.32. The van der Waals surface area contributed by atoms with Crippen LogP contribution in [0.15, 0.2) is 120 Å². The quantitative estimate of drug-likeness (QED) is 0.278. The van der Waals surface area contributed by atoms with Gasteiger partial charge in [0.25, 0.3) is 0 Å². The highest BCUT2D eigenvalue weighted by Gasteiger charge is 2.38. The SMILES string of the molecule is COc1ccc2oc(C(C)NC(c3ccccc3)(c3ccccc3)c3ccccc3)cc2c1. The molecule has 0 fully saturated rings. The lowest BCUT2D eigenvalue weighted by Crippen LogP contribution is -2.45. The zero-order chi connectivity index (χ0) is 22.7. The Morgan fingerprint density at radius 1 is 0.697 bits per heavy atom. The highest BCUT2D eigenvalue weighted by Crippen LogP contribution is 2.39. The molecule has 1 heterocycles. The minimum Gasteiger partial charge on any atom is -0.497 e. The van der Waals surface area contributed by atoms with Gasteiger partial charge in [0.2, 0.25) is 0 Å². The van der Waals surface area contributed by atoms with Crippen molar-refractivity contribution in [3.63, 3.8) is 0 Å². The molecule has 1 N–H and O–H groups in total. The standard InChI is InChI=1S/C30H27NO2/c1-22(29-21-23-20-27(32-2)18-19-28(23)33-29)31-30(24-12-6-3-7-13-24,25-14-8-4-9-15-25)26-16-10-5-11-17-26/h3-22,31H,1-2H3. The molecule has 0 radical (unpaired) electrons. The number of benzene rings is 4. The van der Waals surface area contributed by atoms with Gasteiger partial charge in [-0.2, -0.15) is 0 Å². The lowest BCUT2D eigenvalue weighted by molar-refractivity contribution is 0.370. The second-order valence-electron chi connectivity index (χ2n) is 8.27. The van der Waals surface area contributed by atoms with Gasteiger partial charge < -0.3 is 9.15 Å². The first-order valence-corrected chi connectivity index (χ1v) is 11.2. The summed E-state index contributed by atoms with van der Waals surface area (Å²) in [5.74, 6) is 1.70. The molecule has 0 aliphatic carbocycles. The Hall–Kier alpha value is -3.82. The normalized spacial score (nSPS) is 12.5. The van der Waals surface area contributed by atoms with Crippen molar-refractivity contribution in [2.24, 2.45) is 0 Å². The van der Waals surface area contributed by atoms with Crippen LogP contribution >= 0.6 is 0 Å². The Kier molecular flexibility index (Phi) is 5.72. The molecule has 0 saturated carbocycles. The molecule has 1 unspecified atom stereocenters. The maximum atomic E-state index is 6.26. The van der Waals surface area contributed by atoms with E-state index in [9.17, 15) is 0 Å². The largest absolute Gasteiger partial charge is 0.497 e.